The Bertz CT molecular complexity index is 394. The summed E-state index contributed by atoms with van der Waals surface area (Å²) < 4.78 is 5.09. The molecule has 0 aliphatic carbocycles. The van der Waals surface area contributed by atoms with Gasteiger partial charge in [0, 0.05) is 5.69 Å². The van der Waals surface area contributed by atoms with Gasteiger partial charge < -0.3 is 4.74 Å². The Balaban J connectivity index is 2.54. The fraction of sp³-hybridized carbons (Fsp3) is 0.611. The normalized spacial score (nSPS) is 10.7. The van der Waals surface area contributed by atoms with Crippen molar-refractivity contribution >= 4 is 11.8 Å². The van der Waals surface area contributed by atoms with Gasteiger partial charge in [-0.2, -0.15) is 0 Å². The Morgan fingerprint density at radius 2 is 1.67 bits per heavy atom. The highest BCUT2D eigenvalue weighted by molar-refractivity contribution is 5.84. The minimum absolute atomic E-state index is 0.366. The number of unbranched alkanes of at least 4 members (excludes halogenated alkanes) is 1. The molecule has 0 spiro atoms. The molecule has 1 N–H and O–H groups in total. The first-order valence-corrected chi connectivity index (χ1v) is 8.24. The van der Waals surface area contributed by atoms with E-state index in [1.54, 1.807) is 0 Å². The highest BCUT2D eigenvalue weighted by Crippen LogP contribution is 2.27. The maximum atomic E-state index is 11.6. The number of hydrogen-bond acceptors (Lipinski definition) is 2. The first kappa shape index (κ1) is 17.5. The van der Waals surface area contributed by atoms with Crippen LogP contribution in [0.2, 0.25) is 0 Å². The topological polar surface area (TPSA) is 38.3 Å². The van der Waals surface area contributed by atoms with Crippen LogP contribution < -0.4 is 5.32 Å². The Hall–Kier alpha value is -1.51. The van der Waals surface area contributed by atoms with Gasteiger partial charge in [0.25, 0.3) is 0 Å². The average Bonchev–Trinajstić information content (AvgIpc) is 2.48. The maximum absolute atomic E-state index is 11.6. The molecule has 0 bridgehead atoms. The molecule has 1 aromatic rings. The molecule has 0 fully saturated rings. The molecule has 0 atom stereocenters. The Labute approximate surface area is 129 Å². The molecule has 0 aliphatic heterocycles. The summed E-state index contributed by atoms with van der Waals surface area (Å²) >= 11 is 0. The average molecular weight is 291 g/mol. The number of carbonyl (C=O) groups excluding carboxylic acids is 1. The second-order valence-electron chi connectivity index (χ2n) is 5.51. The van der Waals surface area contributed by atoms with Crippen molar-refractivity contribution in [1.82, 2.24) is 0 Å². The van der Waals surface area contributed by atoms with Gasteiger partial charge in [-0.25, -0.2) is 4.79 Å². The molecule has 1 aromatic carbocycles. The summed E-state index contributed by atoms with van der Waals surface area (Å²) in [5.74, 6) is 0.630. The van der Waals surface area contributed by atoms with E-state index in [0.29, 0.717) is 12.5 Å². The minimum Gasteiger partial charge on any atom is -0.449 e. The van der Waals surface area contributed by atoms with Gasteiger partial charge in [0.05, 0.1) is 6.61 Å². The van der Waals surface area contributed by atoms with Gasteiger partial charge in [-0.05, 0) is 42.9 Å². The highest BCUT2D eigenvalue weighted by atomic mass is 16.5. The number of anilines is 1. The van der Waals surface area contributed by atoms with Gasteiger partial charge in [0.1, 0.15) is 0 Å². The Kier molecular flexibility index (Phi) is 8.56. The van der Waals surface area contributed by atoms with Crippen LogP contribution in [-0.2, 0) is 4.74 Å². The minimum atomic E-state index is -0.366. The SMILES string of the molecule is CCCCOC(=O)Nc1ccc(C(CCC)CCC)cc1. The number of rotatable bonds is 9. The molecule has 0 radical (unpaired) electrons. The second kappa shape index (κ2) is 10.3. The van der Waals surface area contributed by atoms with E-state index in [0.717, 1.165) is 18.5 Å². The Morgan fingerprint density at radius 3 is 2.19 bits per heavy atom. The lowest BCUT2D eigenvalue weighted by Gasteiger charge is -2.16. The summed E-state index contributed by atoms with van der Waals surface area (Å²) in [6.45, 7) is 7.01. The zero-order chi connectivity index (χ0) is 15.5. The summed E-state index contributed by atoms with van der Waals surface area (Å²) in [7, 11) is 0. The van der Waals surface area contributed by atoms with Crippen LogP contribution >= 0.6 is 0 Å². The predicted octanol–water partition coefficient (Wildman–Crippen LogP) is 5.72. The standard InChI is InChI=1S/C18H29NO2/c1-4-7-14-21-18(20)19-17-12-10-16(11-13-17)15(8-5-2)9-6-3/h10-13,15H,4-9,14H2,1-3H3,(H,19,20). The monoisotopic (exact) mass is 291 g/mol. The van der Waals surface area contributed by atoms with E-state index in [2.05, 4.69) is 38.2 Å². The van der Waals surface area contributed by atoms with Crippen LogP contribution in [-0.4, -0.2) is 12.7 Å². The van der Waals surface area contributed by atoms with Gasteiger partial charge in [-0.3, -0.25) is 5.32 Å². The summed E-state index contributed by atoms with van der Waals surface area (Å²) in [5, 5.41) is 2.77. The van der Waals surface area contributed by atoms with Crippen LogP contribution in [0.25, 0.3) is 0 Å². The van der Waals surface area contributed by atoms with Gasteiger partial charge >= 0.3 is 6.09 Å². The number of carbonyl (C=O) groups is 1. The molecular weight excluding hydrogens is 262 g/mol. The molecule has 21 heavy (non-hydrogen) atoms. The number of ether oxygens (including phenoxy) is 1. The quantitative estimate of drug-likeness (QED) is 0.591. The molecule has 1 amide bonds. The third-order valence-electron chi connectivity index (χ3n) is 3.63. The van der Waals surface area contributed by atoms with Crippen LogP contribution in [0.5, 0.6) is 0 Å². The summed E-state index contributed by atoms with van der Waals surface area (Å²) in [4.78, 5) is 11.6. The van der Waals surface area contributed by atoms with Crippen molar-refractivity contribution < 1.29 is 9.53 Å². The molecular formula is C18H29NO2. The van der Waals surface area contributed by atoms with Gasteiger partial charge in [0.15, 0.2) is 0 Å². The van der Waals surface area contributed by atoms with Crippen LogP contribution in [0.15, 0.2) is 24.3 Å². The van der Waals surface area contributed by atoms with E-state index < -0.39 is 0 Å². The van der Waals surface area contributed by atoms with Crippen molar-refractivity contribution in [1.29, 1.82) is 0 Å². The second-order valence-corrected chi connectivity index (χ2v) is 5.51. The maximum Gasteiger partial charge on any atom is 0.411 e. The summed E-state index contributed by atoms with van der Waals surface area (Å²) in [6.07, 6.45) is 6.41. The first-order chi connectivity index (χ1) is 10.2. The molecule has 0 saturated heterocycles. The van der Waals surface area contributed by atoms with Crippen molar-refractivity contribution in [2.24, 2.45) is 0 Å². The number of amides is 1. The molecule has 0 saturated carbocycles. The van der Waals surface area contributed by atoms with Crippen molar-refractivity contribution in [2.45, 2.75) is 65.2 Å². The van der Waals surface area contributed by atoms with E-state index >= 15 is 0 Å². The lowest BCUT2D eigenvalue weighted by molar-refractivity contribution is 0.160. The zero-order valence-electron chi connectivity index (χ0n) is 13.7. The summed E-state index contributed by atoms with van der Waals surface area (Å²) in [6, 6.07) is 8.18. The van der Waals surface area contributed by atoms with E-state index in [4.69, 9.17) is 4.74 Å². The Morgan fingerprint density at radius 1 is 1.05 bits per heavy atom. The van der Waals surface area contributed by atoms with Crippen molar-refractivity contribution in [3.63, 3.8) is 0 Å². The van der Waals surface area contributed by atoms with Crippen molar-refractivity contribution in [3.05, 3.63) is 29.8 Å². The number of nitrogens with one attached hydrogen (secondary N) is 1. The largest absolute Gasteiger partial charge is 0.449 e. The van der Waals surface area contributed by atoms with Gasteiger partial charge in [0.2, 0.25) is 0 Å². The molecule has 118 valence electrons. The molecule has 0 unspecified atom stereocenters. The van der Waals surface area contributed by atoms with Crippen molar-refractivity contribution in [2.75, 3.05) is 11.9 Å². The number of benzene rings is 1. The van der Waals surface area contributed by atoms with E-state index in [1.165, 1.54) is 31.2 Å². The molecule has 1 rings (SSSR count). The van der Waals surface area contributed by atoms with E-state index in [1.807, 2.05) is 12.1 Å². The van der Waals surface area contributed by atoms with Gasteiger partial charge in [-0.1, -0.05) is 52.2 Å². The zero-order valence-corrected chi connectivity index (χ0v) is 13.7. The van der Waals surface area contributed by atoms with Crippen molar-refractivity contribution in [3.8, 4) is 0 Å². The van der Waals surface area contributed by atoms with Crippen LogP contribution in [0.1, 0.15) is 70.8 Å². The van der Waals surface area contributed by atoms with Crippen LogP contribution in [0.4, 0.5) is 10.5 Å². The van der Waals surface area contributed by atoms with Gasteiger partial charge in [-0.15, -0.1) is 0 Å². The molecule has 3 heteroatoms. The first-order valence-electron chi connectivity index (χ1n) is 8.24. The fourth-order valence-corrected chi connectivity index (χ4v) is 2.48. The lowest BCUT2D eigenvalue weighted by Crippen LogP contribution is -2.14. The van der Waals surface area contributed by atoms with Crippen LogP contribution in [0.3, 0.4) is 0 Å². The third-order valence-corrected chi connectivity index (χ3v) is 3.63. The molecule has 3 nitrogen and oxygen atoms in total. The van der Waals surface area contributed by atoms with E-state index in [-0.39, 0.29) is 6.09 Å². The fourth-order valence-electron chi connectivity index (χ4n) is 2.48. The lowest BCUT2D eigenvalue weighted by atomic mass is 9.90. The molecule has 0 heterocycles. The third kappa shape index (κ3) is 6.65. The molecule has 0 aromatic heterocycles. The molecule has 0 aliphatic rings. The smallest absolute Gasteiger partial charge is 0.411 e. The van der Waals surface area contributed by atoms with Crippen LogP contribution in [0, 0.1) is 0 Å². The highest BCUT2D eigenvalue weighted by Gasteiger charge is 2.10. The summed E-state index contributed by atoms with van der Waals surface area (Å²) in [5.41, 5.74) is 2.16. The van der Waals surface area contributed by atoms with E-state index in [9.17, 15) is 4.79 Å². The predicted molar refractivity (Wildman–Crippen MR) is 88.9 cm³/mol. The number of hydrogen-bond donors (Lipinski definition) is 1.